The summed E-state index contributed by atoms with van der Waals surface area (Å²) >= 11 is 0. The van der Waals surface area contributed by atoms with Gasteiger partial charge in [0.25, 0.3) is 0 Å². The lowest BCUT2D eigenvalue weighted by atomic mass is 9.76. The summed E-state index contributed by atoms with van der Waals surface area (Å²) in [5.74, 6) is 0.373. The van der Waals surface area contributed by atoms with E-state index in [1.54, 1.807) is 0 Å². The molecule has 0 aromatic heterocycles. The summed E-state index contributed by atoms with van der Waals surface area (Å²) in [6.45, 7) is 5.28. The van der Waals surface area contributed by atoms with Crippen LogP contribution < -0.4 is 5.73 Å². The first-order valence-electron chi connectivity index (χ1n) is 8.76. The summed E-state index contributed by atoms with van der Waals surface area (Å²) in [6.07, 6.45) is 11.1. The van der Waals surface area contributed by atoms with Gasteiger partial charge in [-0.05, 0) is 51.6 Å². The first-order chi connectivity index (χ1) is 10.0. The van der Waals surface area contributed by atoms with Crippen LogP contribution in [-0.4, -0.2) is 42.1 Å². The molecule has 0 aromatic carbocycles. The predicted octanol–water partition coefficient (Wildman–Crippen LogP) is 2.91. The Labute approximate surface area is 128 Å². The molecule has 0 bridgehead atoms. The van der Waals surface area contributed by atoms with Crippen LogP contribution in [-0.2, 0) is 4.74 Å². The lowest BCUT2D eigenvalue weighted by molar-refractivity contribution is -0.127. The van der Waals surface area contributed by atoms with Crippen LogP contribution in [0.3, 0.4) is 0 Å². The van der Waals surface area contributed by atoms with Gasteiger partial charge >= 0.3 is 0 Å². The first kappa shape index (κ1) is 15.3. The Bertz CT molecular complexity index is 376. The molecule has 1 spiro atoms. The van der Waals surface area contributed by atoms with Crippen LogP contribution in [0.15, 0.2) is 0 Å². The van der Waals surface area contributed by atoms with Crippen molar-refractivity contribution in [3.8, 4) is 0 Å². The van der Waals surface area contributed by atoms with Crippen LogP contribution >= 0.6 is 0 Å². The standard InChI is InChI=1S/C17H31N3O/c1-16(15(18)19)8-10-20(11-9-16)14-5-12-21-17(13-14)6-3-2-4-7-17/h14H,2-13H2,1H3,(H3,18,19). The van der Waals surface area contributed by atoms with Crippen molar-refractivity contribution < 1.29 is 4.74 Å². The molecular weight excluding hydrogens is 262 g/mol. The summed E-state index contributed by atoms with van der Waals surface area (Å²) < 4.78 is 6.23. The minimum atomic E-state index is -0.0653. The van der Waals surface area contributed by atoms with E-state index in [9.17, 15) is 0 Å². The monoisotopic (exact) mass is 293 g/mol. The van der Waals surface area contributed by atoms with Crippen molar-refractivity contribution in [2.75, 3.05) is 19.7 Å². The second kappa shape index (κ2) is 5.88. The minimum Gasteiger partial charge on any atom is -0.387 e. The molecule has 2 heterocycles. The highest BCUT2D eigenvalue weighted by Crippen LogP contribution is 2.41. The molecule has 0 radical (unpaired) electrons. The third-order valence-corrected chi connectivity index (χ3v) is 6.30. The summed E-state index contributed by atoms with van der Waals surface area (Å²) in [5.41, 5.74) is 5.91. The van der Waals surface area contributed by atoms with E-state index in [1.165, 1.54) is 44.9 Å². The zero-order valence-corrected chi connectivity index (χ0v) is 13.5. The van der Waals surface area contributed by atoms with Gasteiger partial charge in [-0.25, -0.2) is 0 Å². The SMILES string of the molecule is CC1(C(=N)N)CCN(C2CCOC3(CCCCC3)C2)CC1. The van der Waals surface area contributed by atoms with Gasteiger partial charge < -0.3 is 15.4 Å². The molecule has 120 valence electrons. The number of likely N-dealkylation sites (tertiary alicyclic amines) is 1. The zero-order valence-electron chi connectivity index (χ0n) is 13.5. The third kappa shape index (κ3) is 3.11. The van der Waals surface area contributed by atoms with Gasteiger partial charge in [0.1, 0.15) is 0 Å². The molecular formula is C17H31N3O. The smallest absolute Gasteiger partial charge is 0.0966 e. The molecule has 3 rings (SSSR count). The molecule has 3 fully saturated rings. The summed E-state index contributed by atoms with van der Waals surface area (Å²) in [7, 11) is 0. The topological polar surface area (TPSA) is 62.3 Å². The van der Waals surface area contributed by atoms with E-state index in [0.29, 0.717) is 11.9 Å². The minimum absolute atomic E-state index is 0.0653. The lowest BCUT2D eigenvalue weighted by Gasteiger charge is -2.49. The number of ether oxygens (including phenoxy) is 1. The fourth-order valence-corrected chi connectivity index (χ4v) is 4.51. The molecule has 0 amide bonds. The van der Waals surface area contributed by atoms with Gasteiger partial charge in [0.15, 0.2) is 0 Å². The number of nitrogens with one attached hydrogen (secondary N) is 1. The van der Waals surface area contributed by atoms with Crippen LogP contribution in [0.4, 0.5) is 0 Å². The summed E-state index contributed by atoms with van der Waals surface area (Å²) in [4.78, 5) is 2.66. The number of nitrogens with two attached hydrogens (primary N) is 1. The average molecular weight is 293 g/mol. The third-order valence-electron chi connectivity index (χ3n) is 6.30. The van der Waals surface area contributed by atoms with Crippen molar-refractivity contribution >= 4 is 5.84 Å². The summed E-state index contributed by atoms with van der Waals surface area (Å²) in [6, 6.07) is 0.688. The van der Waals surface area contributed by atoms with Gasteiger partial charge in [-0.15, -0.1) is 0 Å². The maximum atomic E-state index is 7.79. The largest absolute Gasteiger partial charge is 0.387 e. The van der Waals surface area contributed by atoms with Gasteiger partial charge in [0, 0.05) is 18.1 Å². The molecule has 3 aliphatic rings. The molecule has 1 saturated carbocycles. The molecule has 0 aromatic rings. The van der Waals surface area contributed by atoms with Crippen molar-refractivity contribution in [3.63, 3.8) is 0 Å². The zero-order chi connectivity index (χ0) is 14.9. The van der Waals surface area contributed by atoms with Crippen LogP contribution in [0.25, 0.3) is 0 Å². The van der Waals surface area contributed by atoms with Crippen molar-refractivity contribution in [3.05, 3.63) is 0 Å². The van der Waals surface area contributed by atoms with Crippen LogP contribution in [0.5, 0.6) is 0 Å². The number of amidine groups is 1. The van der Waals surface area contributed by atoms with E-state index in [1.807, 2.05) is 0 Å². The summed E-state index contributed by atoms with van der Waals surface area (Å²) in [5, 5.41) is 7.79. The molecule has 1 atom stereocenters. The molecule has 1 unspecified atom stereocenters. The fraction of sp³-hybridized carbons (Fsp3) is 0.941. The molecule has 3 N–H and O–H groups in total. The van der Waals surface area contributed by atoms with Gasteiger partial charge in [-0.1, -0.05) is 26.2 Å². The van der Waals surface area contributed by atoms with E-state index < -0.39 is 0 Å². The molecule has 21 heavy (non-hydrogen) atoms. The highest BCUT2D eigenvalue weighted by Gasteiger charge is 2.42. The predicted molar refractivity (Wildman–Crippen MR) is 85.6 cm³/mol. The van der Waals surface area contributed by atoms with Crippen molar-refractivity contribution in [2.24, 2.45) is 11.1 Å². The van der Waals surface area contributed by atoms with Gasteiger partial charge in [-0.3, -0.25) is 5.41 Å². The second-order valence-corrected chi connectivity index (χ2v) is 7.75. The molecule has 4 heteroatoms. The highest BCUT2D eigenvalue weighted by molar-refractivity contribution is 5.83. The fourth-order valence-electron chi connectivity index (χ4n) is 4.51. The van der Waals surface area contributed by atoms with Gasteiger partial charge in [-0.2, -0.15) is 0 Å². The molecule has 1 aliphatic carbocycles. The maximum absolute atomic E-state index is 7.79. The second-order valence-electron chi connectivity index (χ2n) is 7.75. The number of hydrogen-bond acceptors (Lipinski definition) is 3. The number of nitrogens with zero attached hydrogens (tertiary/aromatic N) is 1. The first-order valence-corrected chi connectivity index (χ1v) is 8.76. The molecule has 4 nitrogen and oxygen atoms in total. The van der Waals surface area contributed by atoms with Crippen molar-refractivity contribution in [2.45, 2.75) is 76.4 Å². The molecule has 2 aliphatic heterocycles. The van der Waals surface area contributed by atoms with Gasteiger partial charge in [0.2, 0.25) is 0 Å². The average Bonchev–Trinajstić information content (AvgIpc) is 2.49. The lowest BCUT2D eigenvalue weighted by Crippen LogP contribution is -2.53. The number of piperidine rings is 1. The van der Waals surface area contributed by atoms with E-state index in [4.69, 9.17) is 15.9 Å². The number of rotatable bonds is 2. The Balaban J connectivity index is 1.59. The van der Waals surface area contributed by atoms with Crippen LogP contribution in [0, 0.1) is 10.8 Å². The van der Waals surface area contributed by atoms with Crippen molar-refractivity contribution in [1.29, 1.82) is 5.41 Å². The van der Waals surface area contributed by atoms with E-state index >= 15 is 0 Å². The Morgan fingerprint density at radius 1 is 1.14 bits per heavy atom. The van der Waals surface area contributed by atoms with Crippen LogP contribution in [0.2, 0.25) is 0 Å². The Morgan fingerprint density at radius 2 is 1.81 bits per heavy atom. The van der Waals surface area contributed by atoms with E-state index in [2.05, 4.69) is 11.8 Å². The van der Waals surface area contributed by atoms with E-state index in [0.717, 1.165) is 32.5 Å². The maximum Gasteiger partial charge on any atom is 0.0966 e. The van der Waals surface area contributed by atoms with E-state index in [-0.39, 0.29) is 11.0 Å². The Hall–Kier alpha value is -0.610. The normalized spacial score (nSPS) is 32.9. The quantitative estimate of drug-likeness (QED) is 0.608. The number of hydrogen-bond donors (Lipinski definition) is 2. The van der Waals surface area contributed by atoms with Crippen LogP contribution in [0.1, 0.15) is 64.7 Å². The highest BCUT2D eigenvalue weighted by atomic mass is 16.5. The Kier molecular flexibility index (Phi) is 4.28. The Morgan fingerprint density at radius 3 is 2.43 bits per heavy atom. The molecule has 2 saturated heterocycles. The van der Waals surface area contributed by atoms with Gasteiger partial charge in [0.05, 0.1) is 11.4 Å². The van der Waals surface area contributed by atoms with Crippen molar-refractivity contribution in [1.82, 2.24) is 4.90 Å².